The summed E-state index contributed by atoms with van der Waals surface area (Å²) >= 11 is 0. The fraction of sp³-hybridized carbons (Fsp3) is 0.500. The zero-order valence-electron chi connectivity index (χ0n) is 6.81. The van der Waals surface area contributed by atoms with Crippen LogP contribution in [0.3, 0.4) is 0 Å². The Morgan fingerprint density at radius 3 is 3.08 bits per heavy atom. The van der Waals surface area contributed by atoms with E-state index in [4.69, 9.17) is 5.53 Å². The van der Waals surface area contributed by atoms with Gasteiger partial charge in [0.25, 0.3) is 0 Å². The molecule has 0 bridgehead atoms. The quantitative estimate of drug-likeness (QED) is 0.191. The molecule has 4 heteroatoms. The average Bonchev–Trinajstić information content (AvgIpc) is 2.80. The fourth-order valence-electron chi connectivity index (χ4n) is 1.06. The third-order valence-electron chi connectivity index (χ3n) is 1.88. The van der Waals surface area contributed by atoms with Crippen LogP contribution in [0.4, 0.5) is 0 Å². The highest BCUT2D eigenvalue weighted by molar-refractivity contribution is 6.25. The molecule has 2 atom stereocenters. The Labute approximate surface area is 71.1 Å². The largest absolute Gasteiger partial charge is 0.361 e. The molecular weight excluding hydrogens is 154 g/mol. The molecule has 0 N–H and O–H groups in total. The van der Waals surface area contributed by atoms with E-state index in [1.165, 1.54) is 0 Å². The molecule has 1 fully saturated rings. The number of hydrogen-bond donors (Lipinski definition) is 0. The summed E-state index contributed by atoms with van der Waals surface area (Å²) in [5.74, 6) is -0.146. The third-order valence-corrected chi connectivity index (χ3v) is 1.88. The zero-order valence-corrected chi connectivity index (χ0v) is 6.81. The van der Waals surface area contributed by atoms with Crippen molar-refractivity contribution in [2.45, 2.75) is 12.5 Å². The maximum absolute atomic E-state index is 10.8. The number of hydrogen-bond acceptors (Lipinski definition) is 2. The van der Waals surface area contributed by atoms with E-state index >= 15 is 0 Å². The second kappa shape index (κ2) is 3.95. The summed E-state index contributed by atoms with van der Waals surface area (Å²) in [5, 5.41) is 0. The van der Waals surface area contributed by atoms with Gasteiger partial charge in [-0.25, -0.2) is 0 Å². The molecule has 0 aromatic heterocycles. The predicted octanol–water partition coefficient (Wildman–Crippen LogP) is 0.116. The van der Waals surface area contributed by atoms with Gasteiger partial charge in [-0.15, -0.1) is 6.58 Å². The summed E-state index contributed by atoms with van der Waals surface area (Å²) in [7, 11) is 0. The van der Waals surface area contributed by atoms with Crippen LogP contribution in [0.2, 0.25) is 0 Å². The lowest BCUT2D eigenvalue weighted by molar-refractivity contribution is -0.116. The number of rotatable bonds is 5. The molecule has 1 rings (SSSR count). The first-order valence-electron chi connectivity index (χ1n) is 3.85. The molecular formula is C8H11N3O. The molecule has 0 aliphatic carbocycles. The van der Waals surface area contributed by atoms with Gasteiger partial charge < -0.3 is 5.53 Å². The van der Waals surface area contributed by atoms with Crippen LogP contribution in [-0.4, -0.2) is 40.8 Å². The molecule has 12 heavy (non-hydrogen) atoms. The summed E-state index contributed by atoms with van der Waals surface area (Å²) in [6.45, 7) is 5.36. The van der Waals surface area contributed by atoms with Gasteiger partial charge in [0.1, 0.15) is 0 Å². The molecule has 1 saturated heterocycles. The number of ketones is 1. The maximum Gasteiger partial charge on any atom is 0.323 e. The molecule has 0 radical (unpaired) electrons. The van der Waals surface area contributed by atoms with Gasteiger partial charge in [-0.1, -0.05) is 6.08 Å². The van der Waals surface area contributed by atoms with Crippen molar-refractivity contribution in [3.05, 3.63) is 18.2 Å². The Kier molecular flexibility index (Phi) is 2.91. The van der Waals surface area contributed by atoms with Gasteiger partial charge in [0.2, 0.25) is 5.78 Å². The molecule has 1 heterocycles. The van der Waals surface area contributed by atoms with E-state index in [1.54, 1.807) is 0 Å². The first-order valence-corrected chi connectivity index (χ1v) is 3.85. The Morgan fingerprint density at radius 1 is 1.83 bits per heavy atom. The van der Waals surface area contributed by atoms with Crippen LogP contribution in [0.1, 0.15) is 6.42 Å². The van der Waals surface area contributed by atoms with E-state index < -0.39 is 0 Å². The van der Waals surface area contributed by atoms with Crippen molar-refractivity contribution in [1.82, 2.24) is 4.90 Å². The zero-order chi connectivity index (χ0) is 8.97. The molecule has 1 aliphatic rings. The highest BCUT2D eigenvalue weighted by Gasteiger charge is 2.30. The van der Waals surface area contributed by atoms with Crippen molar-refractivity contribution in [2.75, 3.05) is 13.1 Å². The topological polar surface area (TPSA) is 56.5 Å². The lowest BCUT2D eigenvalue weighted by Gasteiger charge is -1.95. The summed E-state index contributed by atoms with van der Waals surface area (Å²) in [6, 6.07) is 0.448. The van der Waals surface area contributed by atoms with E-state index in [2.05, 4.69) is 16.3 Å². The molecule has 0 spiro atoms. The van der Waals surface area contributed by atoms with Crippen molar-refractivity contribution < 1.29 is 9.58 Å². The van der Waals surface area contributed by atoms with Gasteiger partial charge in [-0.3, -0.25) is 9.69 Å². The lowest BCUT2D eigenvalue weighted by Crippen LogP contribution is -2.10. The third kappa shape index (κ3) is 2.42. The molecule has 1 aliphatic heterocycles. The standard InChI is InChI=1S/C8H11N3O/c1-2-7-6-11(7)4-3-8(12)5-10-9/h2,5,7H,1,3-4,6H2. The van der Waals surface area contributed by atoms with Gasteiger partial charge in [-0.2, -0.15) is 4.79 Å². The number of nitrogens with zero attached hydrogens (tertiary/aromatic N) is 3. The molecule has 64 valence electrons. The van der Waals surface area contributed by atoms with Crippen molar-refractivity contribution in [3.63, 3.8) is 0 Å². The molecule has 0 aromatic rings. The maximum atomic E-state index is 10.8. The predicted molar refractivity (Wildman–Crippen MR) is 44.9 cm³/mol. The van der Waals surface area contributed by atoms with Gasteiger partial charge in [0, 0.05) is 25.6 Å². The minimum Gasteiger partial charge on any atom is -0.361 e. The summed E-state index contributed by atoms with van der Waals surface area (Å²) in [6.07, 6.45) is 3.21. The fourth-order valence-corrected chi connectivity index (χ4v) is 1.06. The van der Waals surface area contributed by atoms with Crippen molar-refractivity contribution in [2.24, 2.45) is 0 Å². The van der Waals surface area contributed by atoms with Crippen LogP contribution >= 0.6 is 0 Å². The van der Waals surface area contributed by atoms with E-state index in [-0.39, 0.29) is 5.78 Å². The normalized spacial score (nSPS) is 25.7. The molecule has 0 amide bonds. The lowest BCUT2D eigenvalue weighted by atomic mass is 10.3. The van der Waals surface area contributed by atoms with Crippen molar-refractivity contribution >= 4 is 12.0 Å². The van der Waals surface area contributed by atoms with E-state index in [9.17, 15) is 4.79 Å². The van der Waals surface area contributed by atoms with Gasteiger partial charge >= 0.3 is 6.21 Å². The SMILES string of the molecule is C=CC1CN1CCC(=O)C=[N+]=[N-]. The Hall–Kier alpha value is -1.25. The minimum atomic E-state index is -0.146. The van der Waals surface area contributed by atoms with Crippen LogP contribution in [0.15, 0.2) is 12.7 Å². The van der Waals surface area contributed by atoms with Gasteiger partial charge in [-0.05, 0) is 0 Å². The van der Waals surface area contributed by atoms with Crippen molar-refractivity contribution in [1.29, 1.82) is 0 Å². The van der Waals surface area contributed by atoms with Crippen LogP contribution in [0.5, 0.6) is 0 Å². The summed E-state index contributed by atoms with van der Waals surface area (Å²) < 4.78 is 0. The Balaban J connectivity index is 2.15. The second-order valence-corrected chi connectivity index (χ2v) is 2.76. The smallest absolute Gasteiger partial charge is 0.323 e. The minimum absolute atomic E-state index is 0.146. The highest BCUT2D eigenvalue weighted by Crippen LogP contribution is 2.17. The van der Waals surface area contributed by atoms with Crippen LogP contribution < -0.4 is 0 Å². The van der Waals surface area contributed by atoms with Crippen LogP contribution in [0.25, 0.3) is 5.53 Å². The summed E-state index contributed by atoms with van der Waals surface area (Å²) in [5.41, 5.74) is 8.03. The molecule has 2 unspecified atom stereocenters. The van der Waals surface area contributed by atoms with E-state index in [0.717, 1.165) is 19.3 Å². The first-order chi connectivity index (χ1) is 5.77. The van der Waals surface area contributed by atoms with Gasteiger partial charge in [0.15, 0.2) is 0 Å². The molecule has 0 aromatic carbocycles. The van der Waals surface area contributed by atoms with Crippen LogP contribution in [0, 0.1) is 0 Å². The van der Waals surface area contributed by atoms with Gasteiger partial charge in [0.05, 0.1) is 0 Å². The first kappa shape index (κ1) is 8.84. The number of carbonyl (C=O) groups is 1. The Bertz CT molecular complexity index is 243. The Morgan fingerprint density at radius 2 is 2.58 bits per heavy atom. The average molecular weight is 165 g/mol. The van der Waals surface area contributed by atoms with Crippen molar-refractivity contribution in [3.8, 4) is 0 Å². The highest BCUT2D eigenvalue weighted by atomic mass is 16.1. The monoisotopic (exact) mass is 165 g/mol. The van der Waals surface area contributed by atoms with E-state index in [0.29, 0.717) is 12.5 Å². The number of Topliss-reactive ketones (excluding diaryl/α,β-unsaturated/α-hetero) is 1. The molecule has 4 nitrogen and oxygen atoms in total. The van der Waals surface area contributed by atoms with Crippen LogP contribution in [-0.2, 0) is 4.79 Å². The number of carbonyl (C=O) groups excluding carboxylic acids is 1. The molecule has 0 saturated carbocycles. The second-order valence-electron chi connectivity index (χ2n) is 2.76. The summed E-state index contributed by atoms with van der Waals surface area (Å²) in [4.78, 5) is 15.6. The van der Waals surface area contributed by atoms with E-state index in [1.807, 2.05) is 6.08 Å².